The van der Waals surface area contributed by atoms with Crippen molar-refractivity contribution < 1.29 is 4.79 Å². The molecule has 2 rings (SSSR count). The number of nitrogens with zero attached hydrogens (tertiary/aromatic N) is 3. The summed E-state index contributed by atoms with van der Waals surface area (Å²) in [7, 11) is 0. The minimum absolute atomic E-state index is 0.235. The first-order chi connectivity index (χ1) is 8.16. The summed E-state index contributed by atoms with van der Waals surface area (Å²) in [6, 6.07) is 1.66. The number of carbonyl (C=O) groups excluding carboxylic acids is 1. The molecule has 86 valence electrons. The molecule has 0 saturated carbocycles. The molecule has 0 atom stereocenters. The van der Waals surface area contributed by atoms with Crippen LogP contribution >= 0.6 is 27.5 Å². The minimum Gasteiger partial charge on any atom is -0.319 e. The van der Waals surface area contributed by atoms with Gasteiger partial charge in [-0.1, -0.05) is 11.6 Å². The second-order valence-corrected chi connectivity index (χ2v) is 4.25. The number of nitrogens with one attached hydrogen (secondary N) is 1. The van der Waals surface area contributed by atoms with Crippen molar-refractivity contribution in [2.75, 3.05) is 5.32 Å². The lowest BCUT2D eigenvalue weighted by atomic mass is 10.3. The summed E-state index contributed by atoms with van der Waals surface area (Å²) in [6.07, 6.45) is 5.79. The summed E-state index contributed by atoms with van der Waals surface area (Å²) >= 11 is 8.96. The lowest BCUT2D eigenvalue weighted by Gasteiger charge is -2.04. The molecule has 0 aliphatic carbocycles. The zero-order chi connectivity index (χ0) is 12.3. The van der Waals surface area contributed by atoms with Gasteiger partial charge < -0.3 is 5.32 Å². The number of hydrogen-bond donors (Lipinski definition) is 1. The van der Waals surface area contributed by atoms with Crippen LogP contribution in [0.15, 0.2) is 35.3 Å². The van der Waals surface area contributed by atoms with Crippen LogP contribution < -0.4 is 5.32 Å². The summed E-state index contributed by atoms with van der Waals surface area (Å²) < 4.78 is 0.608. The predicted octanol–water partition coefficient (Wildman–Crippen LogP) is 2.54. The van der Waals surface area contributed by atoms with E-state index in [2.05, 4.69) is 36.2 Å². The van der Waals surface area contributed by atoms with E-state index in [-0.39, 0.29) is 11.6 Å². The van der Waals surface area contributed by atoms with E-state index >= 15 is 0 Å². The van der Waals surface area contributed by atoms with Crippen molar-refractivity contribution in [2.45, 2.75) is 0 Å². The van der Waals surface area contributed by atoms with Crippen LogP contribution in [0.25, 0.3) is 0 Å². The highest BCUT2D eigenvalue weighted by molar-refractivity contribution is 9.10. The fraction of sp³-hybridized carbons (Fsp3) is 0. The van der Waals surface area contributed by atoms with Gasteiger partial charge in [0.2, 0.25) is 0 Å². The highest BCUT2D eigenvalue weighted by atomic mass is 79.9. The molecule has 17 heavy (non-hydrogen) atoms. The zero-order valence-electron chi connectivity index (χ0n) is 8.39. The number of aromatic nitrogens is 3. The molecule has 5 nitrogen and oxygen atoms in total. The average Bonchev–Trinajstić information content (AvgIpc) is 2.35. The van der Waals surface area contributed by atoms with Gasteiger partial charge >= 0.3 is 0 Å². The van der Waals surface area contributed by atoms with E-state index in [1.807, 2.05) is 0 Å². The van der Waals surface area contributed by atoms with E-state index < -0.39 is 0 Å². The third kappa shape index (κ3) is 2.98. The Balaban J connectivity index is 2.16. The smallest absolute Gasteiger partial charge is 0.275 e. The maximum atomic E-state index is 11.7. The molecule has 1 amide bonds. The molecule has 0 aromatic carbocycles. The Morgan fingerprint density at radius 3 is 2.76 bits per heavy atom. The van der Waals surface area contributed by atoms with Crippen LogP contribution in [0.1, 0.15) is 10.5 Å². The number of carbonyl (C=O) groups is 1. The normalized spacial score (nSPS) is 10.0. The molecule has 0 saturated heterocycles. The Hall–Kier alpha value is -1.53. The largest absolute Gasteiger partial charge is 0.319 e. The molecule has 0 aliphatic heterocycles. The van der Waals surface area contributed by atoms with Gasteiger partial charge in [-0.05, 0) is 22.0 Å². The molecule has 7 heteroatoms. The Bertz CT molecular complexity index is 549. The maximum Gasteiger partial charge on any atom is 0.275 e. The number of amides is 1. The summed E-state index contributed by atoms with van der Waals surface area (Å²) in [5.41, 5.74) is 0.760. The van der Waals surface area contributed by atoms with E-state index in [0.29, 0.717) is 15.3 Å². The molecule has 2 aromatic rings. The fourth-order valence-electron chi connectivity index (χ4n) is 1.10. The van der Waals surface area contributed by atoms with Crippen LogP contribution in [0.4, 0.5) is 5.69 Å². The first-order valence-corrected chi connectivity index (χ1v) is 5.72. The van der Waals surface area contributed by atoms with E-state index in [1.54, 1.807) is 6.07 Å². The molecular formula is C10H6BrClN4O. The average molecular weight is 314 g/mol. The van der Waals surface area contributed by atoms with Gasteiger partial charge in [-0.2, -0.15) is 0 Å². The second-order valence-electron chi connectivity index (χ2n) is 3.04. The van der Waals surface area contributed by atoms with Gasteiger partial charge in [0, 0.05) is 12.4 Å². The molecule has 0 unspecified atom stereocenters. The van der Waals surface area contributed by atoms with Crippen molar-refractivity contribution in [1.82, 2.24) is 15.0 Å². The first kappa shape index (κ1) is 11.9. The Morgan fingerprint density at radius 2 is 2.12 bits per heavy atom. The van der Waals surface area contributed by atoms with Crippen molar-refractivity contribution >= 4 is 39.1 Å². The molecule has 2 aromatic heterocycles. The molecule has 2 heterocycles. The molecule has 0 aliphatic rings. The van der Waals surface area contributed by atoms with Gasteiger partial charge in [0.25, 0.3) is 5.91 Å². The predicted molar refractivity (Wildman–Crippen MR) is 66.9 cm³/mol. The van der Waals surface area contributed by atoms with Crippen LogP contribution in [0.3, 0.4) is 0 Å². The van der Waals surface area contributed by atoms with Crippen molar-refractivity contribution in [2.24, 2.45) is 0 Å². The van der Waals surface area contributed by atoms with Crippen molar-refractivity contribution in [3.8, 4) is 0 Å². The number of hydrogen-bond acceptors (Lipinski definition) is 4. The van der Waals surface area contributed by atoms with Crippen LogP contribution in [0, 0.1) is 0 Å². The Kier molecular flexibility index (Phi) is 3.65. The number of rotatable bonds is 2. The minimum atomic E-state index is -0.353. The summed E-state index contributed by atoms with van der Waals surface area (Å²) in [4.78, 5) is 23.3. The monoisotopic (exact) mass is 312 g/mol. The molecular weight excluding hydrogens is 307 g/mol. The molecule has 0 radical (unpaired) electrons. The lowest BCUT2D eigenvalue weighted by Crippen LogP contribution is -2.13. The van der Waals surface area contributed by atoms with Crippen molar-refractivity contribution in [3.63, 3.8) is 0 Å². The quantitative estimate of drug-likeness (QED) is 0.865. The number of pyridine rings is 1. The van der Waals surface area contributed by atoms with Gasteiger partial charge in [0.15, 0.2) is 0 Å². The molecule has 1 N–H and O–H groups in total. The van der Waals surface area contributed by atoms with Gasteiger partial charge in [-0.3, -0.25) is 9.78 Å². The Morgan fingerprint density at radius 1 is 1.29 bits per heavy atom. The van der Waals surface area contributed by atoms with Crippen molar-refractivity contribution in [3.05, 3.63) is 46.2 Å². The first-order valence-electron chi connectivity index (χ1n) is 4.55. The van der Waals surface area contributed by atoms with Gasteiger partial charge in [-0.15, -0.1) is 0 Å². The Labute approximate surface area is 110 Å². The lowest BCUT2D eigenvalue weighted by molar-refractivity contribution is 0.102. The second kappa shape index (κ2) is 5.20. The highest BCUT2D eigenvalue weighted by Crippen LogP contribution is 2.22. The van der Waals surface area contributed by atoms with Gasteiger partial charge in [0.1, 0.15) is 10.8 Å². The molecule has 0 fully saturated rings. The molecule has 0 spiro atoms. The topological polar surface area (TPSA) is 67.8 Å². The fourth-order valence-corrected chi connectivity index (χ4v) is 1.55. The van der Waals surface area contributed by atoms with Crippen LogP contribution in [0.2, 0.25) is 5.15 Å². The van der Waals surface area contributed by atoms with E-state index in [4.69, 9.17) is 11.6 Å². The zero-order valence-corrected chi connectivity index (χ0v) is 10.7. The third-order valence-electron chi connectivity index (χ3n) is 1.85. The van der Waals surface area contributed by atoms with E-state index in [0.717, 1.165) is 0 Å². The van der Waals surface area contributed by atoms with Gasteiger partial charge in [0.05, 0.1) is 22.6 Å². The number of anilines is 1. The standard InChI is InChI=1S/C10H6BrClN4O/c11-7-3-6(4-15-9(7)12)16-10(17)8-5-13-1-2-14-8/h1-5H,(H,16,17). The van der Waals surface area contributed by atoms with E-state index in [1.165, 1.54) is 24.8 Å². The maximum absolute atomic E-state index is 11.7. The van der Waals surface area contributed by atoms with Crippen LogP contribution in [0.5, 0.6) is 0 Å². The van der Waals surface area contributed by atoms with Crippen molar-refractivity contribution in [1.29, 1.82) is 0 Å². The number of halogens is 2. The summed E-state index contributed by atoms with van der Waals surface area (Å²) in [5, 5.41) is 2.97. The summed E-state index contributed by atoms with van der Waals surface area (Å²) in [6.45, 7) is 0. The third-order valence-corrected chi connectivity index (χ3v) is 2.98. The van der Waals surface area contributed by atoms with Gasteiger partial charge in [-0.25, -0.2) is 9.97 Å². The van der Waals surface area contributed by atoms with Crippen LogP contribution in [-0.4, -0.2) is 20.9 Å². The molecule has 0 bridgehead atoms. The van der Waals surface area contributed by atoms with E-state index in [9.17, 15) is 4.79 Å². The van der Waals surface area contributed by atoms with Crippen LogP contribution in [-0.2, 0) is 0 Å². The highest BCUT2D eigenvalue weighted by Gasteiger charge is 2.08. The SMILES string of the molecule is O=C(Nc1cnc(Cl)c(Br)c1)c1cnccn1. The summed E-state index contributed by atoms with van der Waals surface area (Å²) in [5.74, 6) is -0.353.